The molecule has 0 saturated heterocycles. The maximum absolute atomic E-state index is 11.9. The Bertz CT molecular complexity index is 799. The SMILES string of the molecule is O=c1[nH]c(SCc2ccc(I)cc2)nc2ccccc12. The predicted molar refractivity (Wildman–Crippen MR) is 91.1 cm³/mol. The molecule has 0 aliphatic rings. The molecular formula is C15H11IN2OS. The number of aromatic amines is 1. The van der Waals surface area contributed by atoms with Crippen molar-refractivity contribution in [3.05, 3.63) is 68.0 Å². The van der Waals surface area contributed by atoms with Crippen molar-refractivity contribution in [2.24, 2.45) is 0 Å². The van der Waals surface area contributed by atoms with Gasteiger partial charge in [-0.2, -0.15) is 0 Å². The van der Waals surface area contributed by atoms with E-state index in [0.29, 0.717) is 10.5 Å². The van der Waals surface area contributed by atoms with Crippen molar-refractivity contribution in [2.75, 3.05) is 0 Å². The van der Waals surface area contributed by atoms with Crippen LogP contribution in [0.1, 0.15) is 5.56 Å². The molecule has 3 nitrogen and oxygen atoms in total. The third-order valence-corrected chi connectivity index (χ3v) is 4.54. The Morgan fingerprint density at radius 2 is 1.85 bits per heavy atom. The van der Waals surface area contributed by atoms with Crippen molar-refractivity contribution in [1.82, 2.24) is 9.97 Å². The summed E-state index contributed by atoms with van der Waals surface area (Å²) < 4.78 is 1.22. The predicted octanol–water partition coefficient (Wildman–Crippen LogP) is 3.82. The minimum absolute atomic E-state index is 0.0827. The van der Waals surface area contributed by atoms with E-state index in [0.717, 1.165) is 11.3 Å². The average molecular weight is 394 g/mol. The monoisotopic (exact) mass is 394 g/mol. The van der Waals surface area contributed by atoms with Crippen molar-refractivity contribution in [2.45, 2.75) is 10.9 Å². The molecule has 0 unspecified atom stereocenters. The summed E-state index contributed by atoms with van der Waals surface area (Å²) in [7, 11) is 0. The molecule has 0 bridgehead atoms. The Balaban J connectivity index is 1.84. The smallest absolute Gasteiger partial charge is 0.259 e. The van der Waals surface area contributed by atoms with E-state index in [4.69, 9.17) is 0 Å². The molecule has 0 atom stereocenters. The van der Waals surface area contributed by atoms with Crippen molar-refractivity contribution in [3.8, 4) is 0 Å². The zero-order valence-corrected chi connectivity index (χ0v) is 13.4. The molecule has 0 amide bonds. The number of fused-ring (bicyclic) bond motifs is 1. The number of aromatic nitrogens is 2. The Labute approximate surface area is 134 Å². The van der Waals surface area contributed by atoms with Crippen LogP contribution in [0.3, 0.4) is 0 Å². The second-order valence-corrected chi connectivity index (χ2v) is 6.51. The Morgan fingerprint density at radius 3 is 2.65 bits per heavy atom. The van der Waals surface area contributed by atoms with Gasteiger partial charge in [0, 0.05) is 9.32 Å². The fraction of sp³-hybridized carbons (Fsp3) is 0.0667. The summed E-state index contributed by atoms with van der Waals surface area (Å²) in [6.07, 6.45) is 0. The molecule has 2 aromatic carbocycles. The number of rotatable bonds is 3. The molecule has 0 spiro atoms. The standard InChI is InChI=1S/C15H11IN2OS/c16-11-7-5-10(6-8-11)9-20-15-17-13-4-2-1-3-12(13)14(19)18-15/h1-8H,9H2,(H,17,18,19). The first-order chi connectivity index (χ1) is 9.72. The number of H-pyrrole nitrogens is 1. The Kier molecular flexibility index (Phi) is 4.07. The largest absolute Gasteiger partial charge is 0.301 e. The van der Waals surface area contributed by atoms with Gasteiger partial charge in [-0.25, -0.2) is 4.98 Å². The van der Waals surface area contributed by atoms with Gasteiger partial charge in [-0.05, 0) is 52.4 Å². The van der Waals surface area contributed by atoms with Crippen LogP contribution in [0.25, 0.3) is 10.9 Å². The third-order valence-electron chi connectivity index (χ3n) is 2.88. The van der Waals surface area contributed by atoms with Crippen LogP contribution in [0, 0.1) is 3.57 Å². The zero-order chi connectivity index (χ0) is 13.9. The normalized spacial score (nSPS) is 10.8. The molecule has 1 N–H and O–H groups in total. The summed E-state index contributed by atoms with van der Waals surface area (Å²) in [6.45, 7) is 0. The van der Waals surface area contributed by atoms with E-state index in [1.807, 2.05) is 18.2 Å². The molecule has 1 aromatic heterocycles. The molecule has 0 saturated carbocycles. The van der Waals surface area contributed by atoms with Gasteiger partial charge in [0.05, 0.1) is 10.9 Å². The highest BCUT2D eigenvalue weighted by molar-refractivity contribution is 14.1. The quantitative estimate of drug-likeness (QED) is 0.418. The van der Waals surface area contributed by atoms with Gasteiger partial charge < -0.3 is 4.98 Å². The van der Waals surface area contributed by atoms with Crippen LogP contribution in [0.5, 0.6) is 0 Å². The second-order valence-electron chi connectivity index (χ2n) is 4.30. The average Bonchev–Trinajstić information content (AvgIpc) is 2.47. The van der Waals surface area contributed by atoms with Gasteiger partial charge in [-0.3, -0.25) is 4.79 Å². The van der Waals surface area contributed by atoms with Gasteiger partial charge in [0.1, 0.15) is 0 Å². The fourth-order valence-electron chi connectivity index (χ4n) is 1.87. The van der Waals surface area contributed by atoms with Crippen molar-refractivity contribution >= 4 is 45.3 Å². The van der Waals surface area contributed by atoms with Gasteiger partial charge in [0.25, 0.3) is 5.56 Å². The van der Waals surface area contributed by atoms with Gasteiger partial charge in [0.2, 0.25) is 0 Å². The molecule has 0 aliphatic carbocycles. The molecule has 3 rings (SSSR count). The summed E-state index contributed by atoms with van der Waals surface area (Å²) in [5.41, 5.74) is 1.87. The van der Waals surface area contributed by atoms with Gasteiger partial charge >= 0.3 is 0 Å². The first-order valence-corrected chi connectivity index (χ1v) is 8.15. The Morgan fingerprint density at radius 1 is 1.10 bits per heavy atom. The molecule has 1 heterocycles. The summed E-state index contributed by atoms with van der Waals surface area (Å²) in [6, 6.07) is 15.7. The van der Waals surface area contributed by atoms with Gasteiger partial charge in [0.15, 0.2) is 5.16 Å². The van der Waals surface area contributed by atoms with Crippen LogP contribution >= 0.6 is 34.4 Å². The maximum atomic E-state index is 11.9. The van der Waals surface area contributed by atoms with Crippen LogP contribution in [0.15, 0.2) is 58.5 Å². The minimum atomic E-state index is -0.0827. The summed E-state index contributed by atoms with van der Waals surface area (Å²) >= 11 is 3.82. The maximum Gasteiger partial charge on any atom is 0.259 e. The van der Waals surface area contributed by atoms with Crippen LogP contribution < -0.4 is 5.56 Å². The van der Waals surface area contributed by atoms with E-state index in [1.165, 1.54) is 20.9 Å². The van der Waals surface area contributed by atoms with Crippen LogP contribution in [0.2, 0.25) is 0 Å². The highest BCUT2D eigenvalue weighted by atomic mass is 127. The van der Waals surface area contributed by atoms with E-state index in [-0.39, 0.29) is 5.56 Å². The molecule has 0 fully saturated rings. The number of nitrogens with zero attached hydrogens (tertiary/aromatic N) is 1. The second kappa shape index (κ2) is 5.97. The van der Waals surface area contributed by atoms with E-state index < -0.39 is 0 Å². The van der Waals surface area contributed by atoms with Gasteiger partial charge in [-0.1, -0.05) is 36.0 Å². The fourth-order valence-corrected chi connectivity index (χ4v) is 3.05. The number of hydrogen-bond acceptors (Lipinski definition) is 3. The molecule has 0 aliphatic heterocycles. The lowest BCUT2D eigenvalue weighted by Gasteiger charge is -2.03. The molecule has 0 radical (unpaired) electrons. The molecular weight excluding hydrogens is 383 g/mol. The molecule has 100 valence electrons. The summed E-state index contributed by atoms with van der Waals surface area (Å²) in [4.78, 5) is 19.2. The Hall–Kier alpha value is -1.34. The molecule has 20 heavy (non-hydrogen) atoms. The lowest BCUT2D eigenvalue weighted by molar-refractivity contribution is 0.973. The molecule has 3 aromatic rings. The first kappa shape index (κ1) is 13.6. The number of para-hydroxylation sites is 1. The van der Waals surface area contributed by atoms with Crippen molar-refractivity contribution in [3.63, 3.8) is 0 Å². The highest BCUT2D eigenvalue weighted by Crippen LogP contribution is 2.20. The lowest BCUT2D eigenvalue weighted by Crippen LogP contribution is -2.08. The number of hydrogen-bond donors (Lipinski definition) is 1. The lowest BCUT2D eigenvalue weighted by atomic mass is 10.2. The van der Waals surface area contributed by atoms with E-state index in [9.17, 15) is 4.79 Å². The number of thioether (sulfide) groups is 1. The van der Waals surface area contributed by atoms with Gasteiger partial charge in [-0.15, -0.1) is 0 Å². The number of halogens is 1. The highest BCUT2D eigenvalue weighted by Gasteiger charge is 2.04. The first-order valence-electron chi connectivity index (χ1n) is 6.09. The van der Waals surface area contributed by atoms with Crippen LogP contribution in [-0.2, 0) is 5.75 Å². The van der Waals surface area contributed by atoms with E-state index >= 15 is 0 Å². The minimum Gasteiger partial charge on any atom is -0.301 e. The number of nitrogens with one attached hydrogen (secondary N) is 1. The van der Waals surface area contributed by atoms with Crippen molar-refractivity contribution < 1.29 is 0 Å². The molecule has 5 heteroatoms. The summed E-state index contributed by atoms with van der Waals surface area (Å²) in [5.74, 6) is 0.790. The van der Waals surface area contributed by atoms with E-state index in [1.54, 1.807) is 6.07 Å². The van der Waals surface area contributed by atoms with E-state index in [2.05, 4.69) is 56.8 Å². The summed E-state index contributed by atoms with van der Waals surface area (Å²) in [5, 5.41) is 1.29. The topological polar surface area (TPSA) is 45.8 Å². The van der Waals surface area contributed by atoms with Crippen LogP contribution in [0.4, 0.5) is 0 Å². The van der Waals surface area contributed by atoms with Crippen molar-refractivity contribution in [1.29, 1.82) is 0 Å². The third kappa shape index (κ3) is 3.04. The van der Waals surface area contributed by atoms with Crippen LogP contribution in [-0.4, -0.2) is 9.97 Å². The number of benzene rings is 2. The zero-order valence-electron chi connectivity index (χ0n) is 10.5.